The highest BCUT2D eigenvalue weighted by atomic mass is 31.2. The third-order valence-corrected chi connectivity index (χ3v) is 7.53. The number of hydrogen-bond donors (Lipinski definition) is 1. The van der Waals surface area contributed by atoms with E-state index in [0.29, 0.717) is 17.4 Å². The van der Waals surface area contributed by atoms with Crippen LogP contribution in [0.25, 0.3) is 0 Å². The number of likely N-dealkylation sites (N-methyl/N-ethyl adjacent to an activating group) is 1. The lowest BCUT2D eigenvalue weighted by atomic mass is 10.1. The number of allylic oxidation sites excluding steroid dienone is 2. The van der Waals surface area contributed by atoms with E-state index in [4.69, 9.17) is 18.5 Å². The molecule has 0 fully saturated rings. The zero-order valence-corrected chi connectivity index (χ0v) is 27.7. The number of phosphoric ester groups is 1. The summed E-state index contributed by atoms with van der Waals surface area (Å²) in [5, 5.41) is 0. The van der Waals surface area contributed by atoms with Gasteiger partial charge in [-0.25, -0.2) is 4.57 Å². The number of rotatable bonds is 28. The van der Waals surface area contributed by atoms with Crippen LogP contribution in [0.5, 0.6) is 0 Å². The van der Waals surface area contributed by atoms with E-state index in [9.17, 15) is 19.0 Å². The second-order valence-electron chi connectivity index (χ2n) is 11.8. The predicted molar refractivity (Wildman–Crippen MR) is 164 cm³/mol. The van der Waals surface area contributed by atoms with Crippen molar-refractivity contribution in [2.24, 2.45) is 0 Å². The first-order chi connectivity index (χ1) is 19.5. The summed E-state index contributed by atoms with van der Waals surface area (Å²) < 4.78 is 33.8. The number of phosphoric acid groups is 1. The fourth-order valence-electron chi connectivity index (χ4n) is 3.95. The van der Waals surface area contributed by atoms with Crippen LogP contribution in [0, 0.1) is 0 Å². The van der Waals surface area contributed by atoms with Gasteiger partial charge in [-0.3, -0.25) is 18.6 Å². The summed E-state index contributed by atoms with van der Waals surface area (Å²) in [7, 11) is 1.47. The van der Waals surface area contributed by atoms with Crippen molar-refractivity contribution < 1.29 is 42.1 Å². The normalized spacial score (nSPS) is 14.2. The van der Waals surface area contributed by atoms with E-state index in [1.165, 1.54) is 25.7 Å². The minimum atomic E-state index is -4.35. The molecule has 0 aliphatic carbocycles. The first kappa shape index (κ1) is 39.8. The first-order valence-electron chi connectivity index (χ1n) is 15.9. The summed E-state index contributed by atoms with van der Waals surface area (Å²) in [6.45, 7) is 4.26. The zero-order chi connectivity index (χ0) is 30.8. The Morgan fingerprint density at radius 1 is 0.732 bits per heavy atom. The van der Waals surface area contributed by atoms with E-state index >= 15 is 0 Å². The number of hydrogen-bond acceptors (Lipinski definition) is 7. The molecule has 2 atom stereocenters. The molecule has 0 radical (unpaired) electrons. The summed E-state index contributed by atoms with van der Waals surface area (Å²) >= 11 is 0. The highest BCUT2D eigenvalue weighted by Gasteiger charge is 2.27. The number of esters is 2. The van der Waals surface area contributed by atoms with Crippen LogP contribution in [0.1, 0.15) is 123 Å². The van der Waals surface area contributed by atoms with Gasteiger partial charge in [0.05, 0.1) is 27.7 Å². The van der Waals surface area contributed by atoms with Crippen LogP contribution >= 0.6 is 7.82 Å². The maximum atomic E-state index is 12.5. The van der Waals surface area contributed by atoms with Crippen LogP contribution in [0.2, 0.25) is 0 Å². The van der Waals surface area contributed by atoms with Crippen molar-refractivity contribution in [2.45, 2.75) is 129 Å². The molecule has 0 aromatic rings. The first-order valence-corrected chi connectivity index (χ1v) is 17.4. The molecular formula is C31H61NO8P+. The lowest BCUT2D eigenvalue weighted by Crippen LogP contribution is -2.37. The molecule has 1 unspecified atom stereocenters. The van der Waals surface area contributed by atoms with Crippen molar-refractivity contribution in [1.29, 1.82) is 0 Å². The average Bonchev–Trinajstić information content (AvgIpc) is 2.90. The van der Waals surface area contributed by atoms with Gasteiger partial charge in [-0.05, 0) is 38.5 Å². The molecule has 0 saturated heterocycles. The Bertz CT molecular complexity index is 738. The summed E-state index contributed by atoms with van der Waals surface area (Å²) in [5.74, 6) is -0.826. The summed E-state index contributed by atoms with van der Waals surface area (Å²) in [6, 6.07) is 0. The average molecular weight is 607 g/mol. The van der Waals surface area contributed by atoms with Crippen LogP contribution < -0.4 is 0 Å². The SMILES string of the molecule is CCCCC/C=C/CCCCCCCC(=O)O[C@H](COC(=O)CCCCCCC)COP(=O)(O)OCC[N+](C)(C)C. The van der Waals surface area contributed by atoms with Crippen molar-refractivity contribution in [3.63, 3.8) is 0 Å². The molecular weight excluding hydrogens is 545 g/mol. The molecule has 10 heteroatoms. The summed E-state index contributed by atoms with van der Waals surface area (Å²) in [5.41, 5.74) is 0. The molecule has 0 aliphatic heterocycles. The molecule has 41 heavy (non-hydrogen) atoms. The number of carbonyl (C=O) groups excluding carboxylic acids is 2. The van der Waals surface area contributed by atoms with Crippen molar-refractivity contribution in [2.75, 3.05) is 47.5 Å². The number of quaternary nitrogens is 1. The maximum absolute atomic E-state index is 12.5. The van der Waals surface area contributed by atoms with Crippen molar-refractivity contribution >= 4 is 19.8 Å². The van der Waals surface area contributed by atoms with E-state index in [0.717, 1.165) is 64.2 Å². The number of unbranched alkanes of at least 4 members (excludes halogenated alkanes) is 12. The third kappa shape index (κ3) is 28.6. The monoisotopic (exact) mass is 606 g/mol. The van der Waals surface area contributed by atoms with Gasteiger partial charge in [0.15, 0.2) is 6.10 Å². The Balaban J connectivity index is 4.49. The van der Waals surface area contributed by atoms with Gasteiger partial charge >= 0.3 is 19.8 Å². The molecule has 0 aromatic carbocycles. The molecule has 0 spiro atoms. The number of ether oxygens (including phenoxy) is 2. The smallest absolute Gasteiger partial charge is 0.462 e. The zero-order valence-electron chi connectivity index (χ0n) is 26.8. The second-order valence-corrected chi connectivity index (χ2v) is 13.3. The van der Waals surface area contributed by atoms with Gasteiger partial charge in [0.2, 0.25) is 0 Å². The van der Waals surface area contributed by atoms with Crippen molar-refractivity contribution in [3.05, 3.63) is 12.2 Å². The molecule has 242 valence electrons. The van der Waals surface area contributed by atoms with Crippen LogP contribution in [0.3, 0.4) is 0 Å². The lowest BCUT2D eigenvalue weighted by Gasteiger charge is -2.24. The van der Waals surface area contributed by atoms with E-state index < -0.39 is 26.5 Å². The minimum absolute atomic E-state index is 0.0317. The van der Waals surface area contributed by atoms with Crippen LogP contribution in [-0.4, -0.2) is 74.9 Å². The topological polar surface area (TPSA) is 108 Å². The van der Waals surface area contributed by atoms with E-state index in [1.54, 1.807) is 0 Å². The van der Waals surface area contributed by atoms with Crippen LogP contribution in [0.4, 0.5) is 0 Å². The second kappa shape index (κ2) is 25.3. The molecule has 0 aromatic heterocycles. The molecule has 9 nitrogen and oxygen atoms in total. The van der Waals surface area contributed by atoms with Gasteiger partial charge in [0.1, 0.15) is 19.8 Å². The molecule has 0 rings (SSSR count). The van der Waals surface area contributed by atoms with Gasteiger partial charge in [-0.2, -0.15) is 0 Å². The summed E-state index contributed by atoms with van der Waals surface area (Å²) in [6.07, 6.45) is 20.1. The van der Waals surface area contributed by atoms with Gasteiger partial charge < -0.3 is 18.9 Å². The van der Waals surface area contributed by atoms with Crippen molar-refractivity contribution in [3.8, 4) is 0 Å². The molecule has 1 N–H and O–H groups in total. The highest BCUT2D eigenvalue weighted by Crippen LogP contribution is 2.43. The Kier molecular flexibility index (Phi) is 24.5. The third-order valence-electron chi connectivity index (χ3n) is 6.55. The van der Waals surface area contributed by atoms with Crippen LogP contribution in [-0.2, 0) is 32.7 Å². The Morgan fingerprint density at radius 2 is 1.24 bits per heavy atom. The van der Waals surface area contributed by atoms with E-state index in [1.807, 2.05) is 21.1 Å². The number of carbonyl (C=O) groups is 2. The quantitative estimate of drug-likeness (QED) is 0.0321. The number of nitrogens with zero attached hydrogens (tertiary/aromatic N) is 1. The Labute approximate surface area is 250 Å². The van der Waals surface area contributed by atoms with Crippen LogP contribution in [0.15, 0.2) is 12.2 Å². The fourth-order valence-corrected chi connectivity index (χ4v) is 4.69. The van der Waals surface area contributed by atoms with Crippen molar-refractivity contribution in [1.82, 2.24) is 0 Å². The molecule has 0 amide bonds. The van der Waals surface area contributed by atoms with E-state index in [2.05, 4.69) is 26.0 Å². The van der Waals surface area contributed by atoms with Gasteiger partial charge in [0, 0.05) is 12.8 Å². The molecule has 0 bridgehead atoms. The molecule has 0 aliphatic rings. The van der Waals surface area contributed by atoms with E-state index in [-0.39, 0.29) is 32.0 Å². The molecule has 0 saturated carbocycles. The standard InChI is InChI=1S/C31H60NO8P/c1-6-8-10-12-13-14-15-16-17-18-20-22-24-31(34)40-29(27-37-30(33)23-21-19-11-9-7-2)28-39-41(35,36)38-26-25-32(3,4)5/h13-14,29H,6-12,15-28H2,1-5H3/p+1/b14-13+/t29-/m1/s1. The maximum Gasteiger partial charge on any atom is 0.472 e. The Hall–Kier alpha value is -1.25. The fraction of sp³-hybridized carbons (Fsp3) is 0.871. The van der Waals surface area contributed by atoms with Gasteiger partial charge in [-0.15, -0.1) is 0 Å². The van der Waals surface area contributed by atoms with Gasteiger partial charge in [0.25, 0.3) is 0 Å². The summed E-state index contributed by atoms with van der Waals surface area (Å²) in [4.78, 5) is 34.7. The minimum Gasteiger partial charge on any atom is -0.462 e. The Morgan fingerprint density at radius 3 is 1.85 bits per heavy atom. The predicted octanol–water partition coefficient (Wildman–Crippen LogP) is 7.51. The molecule has 0 heterocycles. The lowest BCUT2D eigenvalue weighted by molar-refractivity contribution is -0.870. The van der Waals surface area contributed by atoms with Gasteiger partial charge in [-0.1, -0.05) is 83.8 Å². The highest BCUT2D eigenvalue weighted by molar-refractivity contribution is 7.47. The largest absolute Gasteiger partial charge is 0.472 e.